The van der Waals surface area contributed by atoms with Crippen molar-refractivity contribution in [1.29, 1.82) is 0 Å². The van der Waals surface area contributed by atoms with E-state index in [0.29, 0.717) is 30.2 Å². The summed E-state index contributed by atoms with van der Waals surface area (Å²) in [5.41, 5.74) is 5.03. The van der Waals surface area contributed by atoms with Crippen LogP contribution in [0.15, 0.2) is 10.3 Å². The normalized spacial score (nSPS) is 11.9. The van der Waals surface area contributed by atoms with Gasteiger partial charge in [0.1, 0.15) is 4.21 Å². The molecule has 0 spiro atoms. The van der Waals surface area contributed by atoms with E-state index in [0.717, 1.165) is 6.07 Å². The Kier molecular flexibility index (Phi) is 4.65. The molecule has 18 heavy (non-hydrogen) atoms. The van der Waals surface area contributed by atoms with Crippen molar-refractivity contribution in [3.05, 3.63) is 16.2 Å². The van der Waals surface area contributed by atoms with Crippen LogP contribution in [0.25, 0.3) is 0 Å². The molecule has 0 aliphatic carbocycles. The molecule has 0 fully saturated rings. The Morgan fingerprint density at radius 3 is 2.61 bits per heavy atom. The minimum atomic E-state index is -3.71. The van der Waals surface area contributed by atoms with Crippen LogP contribution in [0.4, 0.5) is 10.7 Å². The molecule has 0 amide bonds. The third-order valence-corrected chi connectivity index (χ3v) is 5.08. The van der Waals surface area contributed by atoms with Crippen molar-refractivity contribution < 1.29 is 13.3 Å². The van der Waals surface area contributed by atoms with E-state index < -0.39 is 14.9 Å². The summed E-state index contributed by atoms with van der Waals surface area (Å²) in [4.78, 5) is 9.89. The summed E-state index contributed by atoms with van der Waals surface area (Å²) in [7, 11) is -3.71. The van der Waals surface area contributed by atoms with Crippen molar-refractivity contribution in [1.82, 2.24) is 4.72 Å². The van der Waals surface area contributed by atoms with E-state index in [9.17, 15) is 18.5 Å². The fourth-order valence-corrected chi connectivity index (χ4v) is 3.51. The molecule has 0 aliphatic heterocycles. The number of nitrogens with zero attached hydrogens (tertiary/aromatic N) is 1. The molecule has 0 saturated carbocycles. The summed E-state index contributed by atoms with van der Waals surface area (Å²) in [6, 6.07) is 0.984. The van der Waals surface area contributed by atoms with Crippen LogP contribution in [0, 0.1) is 16.0 Å². The van der Waals surface area contributed by atoms with Gasteiger partial charge in [0, 0.05) is 12.6 Å². The van der Waals surface area contributed by atoms with Crippen LogP contribution >= 0.6 is 11.3 Å². The topological polar surface area (TPSA) is 115 Å². The van der Waals surface area contributed by atoms with E-state index in [4.69, 9.17) is 5.73 Å². The molecule has 1 heterocycles. The quantitative estimate of drug-likeness (QED) is 0.610. The highest BCUT2D eigenvalue weighted by atomic mass is 32.2. The third kappa shape index (κ3) is 3.65. The SMILES string of the molecule is CC(C)CCNS(=O)(=O)c1cc([N+](=O)[O-])c(N)s1. The van der Waals surface area contributed by atoms with Gasteiger partial charge >= 0.3 is 5.69 Å². The molecular weight excluding hydrogens is 278 g/mol. The van der Waals surface area contributed by atoms with Gasteiger partial charge in [-0.25, -0.2) is 13.1 Å². The highest BCUT2D eigenvalue weighted by molar-refractivity contribution is 7.91. The molecule has 7 nitrogen and oxygen atoms in total. The Morgan fingerprint density at radius 1 is 1.56 bits per heavy atom. The Labute approximate surface area is 109 Å². The first-order chi connectivity index (χ1) is 8.24. The van der Waals surface area contributed by atoms with E-state index in [1.807, 2.05) is 13.8 Å². The average molecular weight is 293 g/mol. The largest absolute Gasteiger partial charge is 0.385 e. The minimum absolute atomic E-state index is 0.107. The predicted octanol–water partition coefficient (Wildman–Crippen LogP) is 1.56. The van der Waals surface area contributed by atoms with Gasteiger partial charge in [0.2, 0.25) is 10.0 Å². The summed E-state index contributed by atoms with van der Waals surface area (Å²) >= 11 is 0.694. The monoisotopic (exact) mass is 293 g/mol. The van der Waals surface area contributed by atoms with Gasteiger partial charge in [0.05, 0.1) is 4.92 Å². The highest BCUT2D eigenvalue weighted by Crippen LogP contribution is 2.34. The number of nitro groups is 1. The van der Waals surface area contributed by atoms with Crippen LogP contribution in [0.2, 0.25) is 0 Å². The van der Waals surface area contributed by atoms with Crippen molar-refractivity contribution >= 4 is 32.0 Å². The summed E-state index contributed by atoms with van der Waals surface area (Å²) in [6.07, 6.45) is 0.697. The van der Waals surface area contributed by atoms with Crippen LogP contribution in [0.3, 0.4) is 0 Å². The second kappa shape index (κ2) is 5.63. The van der Waals surface area contributed by atoms with Crippen LogP contribution in [-0.2, 0) is 10.0 Å². The number of anilines is 1. The molecule has 0 aromatic carbocycles. The highest BCUT2D eigenvalue weighted by Gasteiger charge is 2.24. The average Bonchev–Trinajstić information content (AvgIpc) is 2.60. The molecule has 0 saturated heterocycles. The van der Waals surface area contributed by atoms with E-state index in [2.05, 4.69) is 4.72 Å². The molecule has 1 aromatic heterocycles. The Hall–Kier alpha value is -1.19. The maximum atomic E-state index is 11.8. The zero-order chi connectivity index (χ0) is 13.9. The molecule has 0 aliphatic rings. The lowest BCUT2D eigenvalue weighted by molar-refractivity contribution is -0.383. The second-order valence-corrected chi connectivity index (χ2v) is 7.23. The summed E-state index contributed by atoms with van der Waals surface area (Å²) in [5, 5.41) is 10.5. The van der Waals surface area contributed by atoms with Crippen LogP contribution in [-0.4, -0.2) is 19.9 Å². The number of rotatable bonds is 6. The van der Waals surface area contributed by atoms with Crippen LogP contribution < -0.4 is 10.5 Å². The van der Waals surface area contributed by atoms with Crippen molar-refractivity contribution in [2.75, 3.05) is 12.3 Å². The Balaban J connectivity index is 2.85. The van der Waals surface area contributed by atoms with E-state index in [-0.39, 0.29) is 14.9 Å². The lowest BCUT2D eigenvalue weighted by Crippen LogP contribution is -2.24. The molecule has 0 unspecified atom stereocenters. The van der Waals surface area contributed by atoms with Crippen LogP contribution in [0.5, 0.6) is 0 Å². The molecule has 0 bridgehead atoms. The predicted molar refractivity (Wildman–Crippen MR) is 70.0 cm³/mol. The molecule has 0 radical (unpaired) electrons. The Bertz CT molecular complexity index is 536. The fourth-order valence-electron chi connectivity index (χ4n) is 1.20. The van der Waals surface area contributed by atoms with Crippen molar-refractivity contribution in [2.45, 2.75) is 24.5 Å². The Morgan fingerprint density at radius 2 is 2.17 bits per heavy atom. The zero-order valence-corrected chi connectivity index (χ0v) is 11.7. The van der Waals surface area contributed by atoms with Gasteiger partial charge in [0.15, 0.2) is 5.00 Å². The fraction of sp³-hybridized carbons (Fsp3) is 0.556. The van der Waals surface area contributed by atoms with Gasteiger partial charge in [-0.05, 0) is 12.3 Å². The summed E-state index contributed by atoms with van der Waals surface area (Å²) in [5.74, 6) is 0.371. The lowest BCUT2D eigenvalue weighted by Gasteiger charge is -2.06. The minimum Gasteiger partial charge on any atom is -0.385 e. The maximum absolute atomic E-state index is 11.8. The number of thiophene rings is 1. The van der Waals surface area contributed by atoms with E-state index in [1.54, 1.807) is 0 Å². The van der Waals surface area contributed by atoms with Gasteiger partial charge < -0.3 is 5.73 Å². The molecule has 0 atom stereocenters. The van der Waals surface area contributed by atoms with E-state index in [1.165, 1.54) is 0 Å². The third-order valence-electron chi connectivity index (χ3n) is 2.19. The summed E-state index contributed by atoms with van der Waals surface area (Å²) < 4.78 is 25.9. The smallest absolute Gasteiger partial charge is 0.304 e. The van der Waals surface area contributed by atoms with Gasteiger partial charge in [0.25, 0.3) is 0 Å². The molecule has 3 N–H and O–H groups in total. The van der Waals surface area contributed by atoms with Gasteiger partial charge in [-0.15, -0.1) is 0 Å². The van der Waals surface area contributed by atoms with Gasteiger partial charge in [-0.1, -0.05) is 25.2 Å². The van der Waals surface area contributed by atoms with Crippen molar-refractivity contribution in [2.24, 2.45) is 5.92 Å². The van der Waals surface area contributed by atoms with Crippen molar-refractivity contribution in [3.8, 4) is 0 Å². The number of sulfonamides is 1. The molecule has 102 valence electrons. The van der Waals surface area contributed by atoms with Crippen molar-refractivity contribution in [3.63, 3.8) is 0 Å². The summed E-state index contributed by atoms with van der Waals surface area (Å²) in [6.45, 7) is 4.25. The molecular formula is C9H15N3O4S2. The standard InChI is InChI=1S/C9H15N3O4S2/c1-6(2)3-4-11-18(15,16)8-5-7(12(13)14)9(10)17-8/h5-6,11H,3-4,10H2,1-2H3. The first kappa shape index (κ1) is 14.9. The maximum Gasteiger partial charge on any atom is 0.304 e. The number of nitrogen functional groups attached to an aromatic ring is 1. The first-order valence-electron chi connectivity index (χ1n) is 5.27. The number of nitrogens with one attached hydrogen (secondary N) is 1. The van der Waals surface area contributed by atoms with Crippen LogP contribution in [0.1, 0.15) is 20.3 Å². The first-order valence-corrected chi connectivity index (χ1v) is 7.57. The van der Waals surface area contributed by atoms with Gasteiger partial charge in [-0.3, -0.25) is 10.1 Å². The zero-order valence-electron chi connectivity index (χ0n) is 10.0. The van der Waals surface area contributed by atoms with E-state index >= 15 is 0 Å². The number of hydrogen-bond acceptors (Lipinski definition) is 6. The lowest BCUT2D eigenvalue weighted by atomic mass is 10.1. The molecule has 9 heteroatoms. The van der Waals surface area contributed by atoms with Gasteiger partial charge in [-0.2, -0.15) is 0 Å². The molecule has 1 aromatic rings. The number of nitrogens with two attached hydrogens (primary N) is 1. The number of hydrogen-bond donors (Lipinski definition) is 2. The second-order valence-electron chi connectivity index (χ2n) is 4.15. The molecule has 1 rings (SSSR count).